The molecule has 0 N–H and O–H groups in total. The lowest BCUT2D eigenvalue weighted by Gasteiger charge is -2.20. The van der Waals surface area contributed by atoms with E-state index in [1.165, 1.54) is 11.3 Å². The zero-order valence-corrected chi connectivity index (χ0v) is 18.1. The number of hydrogen-bond donors (Lipinski definition) is 0. The molecule has 0 aliphatic carbocycles. The van der Waals surface area contributed by atoms with E-state index < -0.39 is 0 Å². The average Bonchev–Trinajstić information content (AvgIpc) is 3.15. The molecule has 4 aromatic rings. The maximum Gasteiger partial charge on any atom is 0.260 e. The number of amides is 1. The van der Waals surface area contributed by atoms with Crippen LogP contribution in [0.1, 0.15) is 34.1 Å². The van der Waals surface area contributed by atoms with E-state index in [9.17, 15) is 4.79 Å². The molecule has 0 radical (unpaired) electrons. The van der Waals surface area contributed by atoms with Crippen LogP contribution in [-0.4, -0.2) is 22.5 Å². The van der Waals surface area contributed by atoms with Crippen molar-refractivity contribution in [3.63, 3.8) is 0 Å². The highest BCUT2D eigenvalue weighted by Crippen LogP contribution is 2.33. The number of aryl methyl sites for hydroxylation is 2. The van der Waals surface area contributed by atoms with Crippen LogP contribution in [0.15, 0.2) is 60.8 Å². The SMILES string of the molecule is CCOc1ccc2nc(N(Cc3ccccn3)C(=O)c3ccc(C)cc3C)sc2c1. The molecule has 4 rings (SSSR count). The summed E-state index contributed by atoms with van der Waals surface area (Å²) in [6, 6.07) is 17.4. The number of ether oxygens (including phenoxy) is 1. The molecule has 0 saturated heterocycles. The summed E-state index contributed by atoms with van der Waals surface area (Å²) in [5.41, 5.74) is 4.41. The molecular formula is C24H23N3O2S. The number of carbonyl (C=O) groups excluding carboxylic acids is 1. The third-order valence-corrected chi connectivity index (χ3v) is 5.84. The Balaban J connectivity index is 1.76. The number of thiazole rings is 1. The molecule has 152 valence electrons. The van der Waals surface area contributed by atoms with Crippen molar-refractivity contribution in [3.8, 4) is 5.75 Å². The molecule has 2 aromatic heterocycles. The lowest BCUT2D eigenvalue weighted by atomic mass is 10.0. The van der Waals surface area contributed by atoms with Gasteiger partial charge in [-0.05, 0) is 62.7 Å². The highest BCUT2D eigenvalue weighted by molar-refractivity contribution is 7.22. The van der Waals surface area contributed by atoms with Crippen LogP contribution in [0.5, 0.6) is 5.75 Å². The van der Waals surface area contributed by atoms with E-state index in [0.29, 0.717) is 23.8 Å². The lowest BCUT2D eigenvalue weighted by molar-refractivity contribution is 0.0984. The average molecular weight is 418 g/mol. The predicted molar refractivity (Wildman–Crippen MR) is 121 cm³/mol. The summed E-state index contributed by atoms with van der Waals surface area (Å²) >= 11 is 1.48. The van der Waals surface area contributed by atoms with Gasteiger partial charge in [0.25, 0.3) is 5.91 Å². The minimum Gasteiger partial charge on any atom is -0.494 e. The van der Waals surface area contributed by atoms with Gasteiger partial charge >= 0.3 is 0 Å². The van der Waals surface area contributed by atoms with E-state index in [1.807, 2.05) is 75.4 Å². The topological polar surface area (TPSA) is 55.3 Å². The Hall–Kier alpha value is -3.25. The first-order valence-electron chi connectivity index (χ1n) is 9.87. The molecule has 0 unspecified atom stereocenters. The Labute approximate surface area is 180 Å². The van der Waals surface area contributed by atoms with Crippen LogP contribution in [0.4, 0.5) is 5.13 Å². The standard InChI is InChI=1S/C24H23N3O2S/c1-4-29-19-9-11-21-22(14-19)30-24(26-21)27(15-18-7-5-6-12-25-18)23(28)20-10-8-16(2)13-17(20)3/h5-14H,4,15H2,1-3H3. The van der Waals surface area contributed by atoms with E-state index in [4.69, 9.17) is 9.72 Å². The molecule has 0 saturated carbocycles. The number of aromatic nitrogens is 2. The molecule has 2 aromatic carbocycles. The number of fused-ring (bicyclic) bond motifs is 1. The first-order valence-corrected chi connectivity index (χ1v) is 10.7. The summed E-state index contributed by atoms with van der Waals surface area (Å²) in [6.45, 7) is 6.90. The van der Waals surface area contributed by atoms with Gasteiger partial charge < -0.3 is 4.74 Å². The Morgan fingerprint density at radius 1 is 1.10 bits per heavy atom. The van der Waals surface area contributed by atoms with Crippen LogP contribution in [0.25, 0.3) is 10.2 Å². The van der Waals surface area contributed by atoms with Crippen molar-refractivity contribution in [3.05, 3.63) is 83.2 Å². The molecule has 0 bridgehead atoms. The van der Waals surface area contributed by atoms with Crippen molar-refractivity contribution in [2.24, 2.45) is 0 Å². The second-order valence-corrected chi connectivity index (χ2v) is 8.10. The summed E-state index contributed by atoms with van der Waals surface area (Å²) in [7, 11) is 0. The third kappa shape index (κ3) is 4.19. The molecule has 0 spiro atoms. The fourth-order valence-electron chi connectivity index (χ4n) is 3.34. The summed E-state index contributed by atoms with van der Waals surface area (Å²) in [4.78, 5) is 24.4. The number of benzene rings is 2. The number of hydrogen-bond acceptors (Lipinski definition) is 5. The first kappa shape index (κ1) is 20.0. The van der Waals surface area contributed by atoms with Crippen molar-refractivity contribution < 1.29 is 9.53 Å². The minimum absolute atomic E-state index is 0.0813. The monoisotopic (exact) mass is 417 g/mol. The molecule has 0 fully saturated rings. The summed E-state index contributed by atoms with van der Waals surface area (Å²) in [6.07, 6.45) is 1.74. The van der Waals surface area contributed by atoms with E-state index in [1.54, 1.807) is 11.1 Å². The number of pyridine rings is 1. The highest BCUT2D eigenvalue weighted by Gasteiger charge is 2.23. The van der Waals surface area contributed by atoms with E-state index in [-0.39, 0.29) is 5.91 Å². The van der Waals surface area contributed by atoms with Gasteiger partial charge in [-0.25, -0.2) is 4.98 Å². The van der Waals surface area contributed by atoms with Gasteiger partial charge in [0.15, 0.2) is 5.13 Å². The largest absolute Gasteiger partial charge is 0.494 e. The van der Waals surface area contributed by atoms with Crippen LogP contribution >= 0.6 is 11.3 Å². The Morgan fingerprint density at radius 2 is 1.97 bits per heavy atom. The molecule has 5 nitrogen and oxygen atoms in total. The lowest BCUT2D eigenvalue weighted by Crippen LogP contribution is -2.31. The quantitative estimate of drug-likeness (QED) is 0.412. The van der Waals surface area contributed by atoms with Gasteiger partial charge in [-0.2, -0.15) is 0 Å². The maximum absolute atomic E-state index is 13.6. The number of rotatable bonds is 6. The van der Waals surface area contributed by atoms with Crippen LogP contribution in [-0.2, 0) is 6.54 Å². The molecule has 0 aliphatic rings. The Morgan fingerprint density at radius 3 is 2.70 bits per heavy atom. The van der Waals surface area contributed by atoms with Crippen molar-refractivity contribution in [2.45, 2.75) is 27.3 Å². The van der Waals surface area contributed by atoms with Gasteiger partial charge in [-0.3, -0.25) is 14.7 Å². The van der Waals surface area contributed by atoms with Crippen LogP contribution in [0, 0.1) is 13.8 Å². The van der Waals surface area contributed by atoms with Gasteiger partial charge in [0.05, 0.1) is 29.1 Å². The molecule has 2 heterocycles. The molecular weight excluding hydrogens is 394 g/mol. The Bertz CT molecular complexity index is 1190. The second-order valence-electron chi connectivity index (χ2n) is 7.09. The molecule has 30 heavy (non-hydrogen) atoms. The van der Waals surface area contributed by atoms with E-state index >= 15 is 0 Å². The first-order chi connectivity index (χ1) is 14.5. The second kappa shape index (κ2) is 8.63. The normalized spacial score (nSPS) is 10.9. The summed E-state index contributed by atoms with van der Waals surface area (Å²) in [5.74, 6) is 0.722. The van der Waals surface area contributed by atoms with E-state index in [0.717, 1.165) is 32.8 Å². The van der Waals surface area contributed by atoms with Crippen molar-refractivity contribution in [2.75, 3.05) is 11.5 Å². The van der Waals surface area contributed by atoms with Crippen LogP contribution in [0.2, 0.25) is 0 Å². The minimum atomic E-state index is -0.0813. The predicted octanol–water partition coefficient (Wildman–Crippen LogP) is 5.55. The van der Waals surface area contributed by atoms with E-state index in [2.05, 4.69) is 4.98 Å². The number of nitrogens with zero attached hydrogens (tertiary/aromatic N) is 3. The molecule has 1 amide bonds. The van der Waals surface area contributed by atoms with Crippen molar-refractivity contribution in [1.29, 1.82) is 0 Å². The number of carbonyl (C=O) groups is 1. The van der Waals surface area contributed by atoms with Gasteiger partial charge in [0, 0.05) is 11.8 Å². The zero-order chi connectivity index (χ0) is 21.1. The Kier molecular flexibility index (Phi) is 5.77. The third-order valence-electron chi connectivity index (χ3n) is 4.79. The maximum atomic E-state index is 13.6. The van der Waals surface area contributed by atoms with Gasteiger partial charge in [0.2, 0.25) is 0 Å². The van der Waals surface area contributed by atoms with Crippen molar-refractivity contribution >= 4 is 32.6 Å². The van der Waals surface area contributed by atoms with Gasteiger partial charge in [0.1, 0.15) is 5.75 Å². The fourth-order valence-corrected chi connectivity index (χ4v) is 4.34. The molecule has 6 heteroatoms. The number of anilines is 1. The van der Waals surface area contributed by atoms with Crippen LogP contribution < -0.4 is 9.64 Å². The van der Waals surface area contributed by atoms with Gasteiger partial charge in [-0.15, -0.1) is 0 Å². The summed E-state index contributed by atoms with van der Waals surface area (Å²) in [5, 5.41) is 0.647. The smallest absolute Gasteiger partial charge is 0.260 e. The van der Waals surface area contributed by atoms with Crippen LogP contribution in [0.3, 0.4) is 0 Å². The van der Waals surface area contributed by atoms with Gasteiger partial charge in [-0.1, -0.05) is 35.1 Å². The zero-order valence-electron chi connectivity index (χ0n) is 17.3. The molecule has 0 atom stereocenters. The fraction of sp³-hybridized carbons (Fsp3) is 0.208. The summed E-state index contributed by atoms with van der Waals surface area (Å²) < 4.78 is 6.59. The molecule has 0 aliphatic heterocycles. The van der Waals surface area contributed by atoms with Crippen molar-refractivity contribution in [1.82, 2.24) is 9.97 Å². The highest BCUT2D eigenvalue weighted by atomic mass is 32.1.